The SMILES string of the molecule is Clc1cc2c(cc1Br)NC(c1ccccc1Cl)CC2. The molecule has 0 saturated heterocycles. The Hall–Kier alpha value is -0.700. The zero-order valence-electron chi connectivity index (χ0n) is 10.1. The van der Waals surface area contributed by atoms with E-state index in [4.69, 9.17) is 23.2 Å². The molecule has 1 nitrogen and oxygen atoms in total. The predicted octanol–water partition coefficient (Wildman–Crippen LogP) is 5.86. The van der Waals surface area contributed by atoms with Crippen molar-refractivity contribution in [2.45, 2.75) is 18.9 Å². The summed E-state index contributed by atoms with van der Waals surface area (Å²) in [4.78, 5) is 0. The Morgan fingerprint density at radius 2 is 1.89 bits per heavy atom. The maximum Gasteiger partial charge on any atom is 0.0552 e. The number of hydrogen-bond donors (Lipinski definition) is 1. The molecule has 0 fully saturated rings. The van der Waals surface area contributed by atoms with Gasteiger partial charge in [0.25, 0.3) is 0 Å². The van der Waals surface area contributed by atoms with Gasteiger partial charge in [0.15, 0.2) is 0 Å². The summed E-state index contributed by atoms with van der Waals surface area (Å²) in [7, 11) is 0. The van der Waals surface area contributed by atoms with E-state index in [9.17, 15) is 0 Å². The molecule has 19 heavy (non-hydrogen) atoms. The van der Waals surface area contributed by atoms with Crippen LogP contribution in [0.3, 0.4) is 0 Å². The molecular weight excluding hydrogens is 345 g/mol. The topological polar surface area (TPSA) is 12.0 Å². The van der Waals surface area contributed by atoms with E-state index in [1.54, 1.807) is 0 Å². The van der Waals surface area contributed by atoms with E-state index >= 15 is 0 Å². The standard InChI is InChI=1S/C15H12BrCl2N/c16-11-8-15-9(7-13(11)18)5-6-14(19-15)10-3-1-2-4-12(10)17/h1-4,7-8,14,19H,5-6H2. The van der Waals surface area contributed by atoms with Crippen molar-refractivity contribution in [2.24, 2.45) is 0 Å². The van der Waals surface area contributed by atoms with Gasteiger partial charge in [0.05, 0.1) is 11.1 Å². The van der Waals surface area contributed by atoms with Crippen LogP contribution in [-0.4, -0.2) is 0 Å². The lowest BCUT2D eigenvalue weighted by molar-refractivity contribution is 0.668. The van der Waals surface area contributed by atoms with Gasteiger partial charge in [-0.3, -0.25) is 0 Å². The molecule has 0 spiro atoms. The van der Waals surface area contributed by atoms with E-state index in [1.165, 1.54) is 5.56 Å². The van der Waals surface area contributed by atoms with Crippen LogP contribution in [0.5, 0.6) is 0 Å². The Morgan fingerprint density at radius 3 is 2.68 bits per heavy atom. The van der Waals surface area contributed by atoms with Crippen LogP contribution in [0.15, 0.2) is 40.9 Å². The zero-order chi connectivity index (χ0) is 13.4. The van der Waals surface area contributed by atoms with Crippen molar-refractivity contribution in [3.63, 3.8) is 0 Å². The second kappa shape index (κ2) is 5.35. The summed E-state index contributed by atoms with van der Waals surface area (Å²) in [5, 5.41) is 5.13. The van der Waals surface area contributed by atoms with E-state index in [-0.39, 0.29) is 6.04 Å². The molecular formula is C15H12BrCl2N. The summed E-state index contributed by atoms with van der Waals surface area (Å²) >= 11 is 15.9. The zero-order valence-corrected chi connectivity index (χ0v) is 13.2. The fraction of sp³-hybridized carbons (Fsp3) is 0.200. The first-order valence-electron chi connectivity index (χ1n) is 6.14. The highest BCUT2D eigenvalue weighted by atomic mass is 79.9. The minimum atomic E-state index is 0.259. The van der Waals surface area contributed by atoms with Gasteiger partial charge in [-0.25, -0.2) is 0 Å². The maximum absolute atomic E-state index is 6.27. The van der Waals surface area contributed by atoms with Gasteiger partial charge in [-0.05, 0) is 58.1 Å². The summed E-state index contributed by atoms with van der Waals surface area (Å²) in [5.74, 6) is 0. The monoisotopic (exact) mass is 355 g/mol. The van der Waals surface area contributed by atoms with Gasteiger partial charge in [-0.2, -0.15) is 0 Å². The van der Waals surface area contributed by atoms with Crippen LogP contribution in [0.1, 0.15) is 23.6 Å². The van der Waals surface area contributed by atoms with Crippen LogP contribution in [0, 0.1) is 0 Å². The third-order valence-electron chi connectivity index (χ3n) is 3.46. The number of halogens is 3. The molecule has 0 aromatic heterocycles. The fourth-order valence-electron chi connectivity index (χ4n) is 2.48. The summed E-state index contributed by atoms with van der Waals surface area (Å²) < 4.78 is 0.917. The second-order valence-electron chi connectivity index (χ2n) is 4.68. The number of rotatable bonds is 1. The second-order valence-corrected chi connectivity index (χ2v) is 6.35. The molecule has 98 valence electrons. The molecule has 1 aliphatic rings. The van der Waals surface area contributed by atoms with Gasteiger partial charge in [0, 0.05) is 15.2 Å². The van der Waals surface area contributed by atoms with E-state index in [1.807, 2.05) is 30.3 Å². The largest absolute Gasteiger partial charge is 0.378 e. The van der Waals surface area contributed by atoms with Crippen molar-refractivity contribution in [3.8, 4) is 0 Å². The first kappa shape index (κ1) is 13.3. The molecule has 1 unspecified atom stereocenters. The smallest absolute Gasteiger partial charge is 0.0552 e. The van der Waals surface area contributed by atoms with Crippen LogP contribution in [0.2, 0.25) is 10.0 Å². The summed E-state index contributed by atoms with van der Waals surface area (Å²) in [6.07, 6.45) is 2.03. The lowest BCUT2D eigenvalue weighted by atomic mass is 9.93. The van der Waals surface area contributed by atoms with Crippen LogP contribution in [0.25, 0.3) is 0 Å². The van der Waals surface area contributed by atoms with Gasteiger partial charge in [-0.15, -0.1) is 0 Å². The van der Waals surface area contributed by atoms with Crippen molar-refractivity contribution in [2.75, 3.05) is 5.32 Å². The lowest BCUT2D eigenvalue weighted by Crippen LogP contribution is -2.18. The molecule has 0 radical (unpaired) electrons. The lowest BCUT2D eigenvalue weighted by Gasteiger charge is -2.28. The Kier molecular flexibility index (Phi) is 3.75. The van der Waals surface area contributed by atoms with Gasteiger partial charge in [0.1, 0.15) is 0 Å². The van der Waals surface area contributed by atoms with Gasteiger partial charge in [-0.1, -0.05) is 41.4 Å². The van der Waals surface area contributed by atoms with Crippen LogP contribution in [0.4, 0.5) is 5.69 Å². The van der Waals surface area contributed by atoms with Crippen LogP contribution in [-0.2, 0) is 6.42 Å². The average Bonchev–Trinajstić information content (AvgIpc) is 2.40. The summed E-state index contributed by atoms with van der Waals surface area (Å²) in [6, 6.07) is 12.3. The molecule has 1 heterocycles. The molecule has 1 N–H and O–H groups in total. The molecule has 3 rings (SSSR count). The van der Waals surface area contributed by atoms with Crippen molar-refractivity contribution < 1.29 is 0 Å². The highest BCUT2D eigenvalue weighted by molar-refractivity contribution is 9.10. The van der Waals surface area contributed by atoms with E-state index < -0.39 is 0 Å². The van der Waals surface area contributed by atoms with Crippen molar-refractivity contribution in [3.05, 3.63) is 62.0 Å². The van der Waals surface area contributed by atoms with Gasteiger partial charge in [0.2, 0.25) is 0 Å². The van der Waals surface area contributed by atoms with Crippen molar-refractivity contribution in [1.82, 2.24) is 0 Å². The summed E-state index contributed by atoms with van der Waals surface area (Å²) in [5.41, 5.74) is 3.55. The van der Waals surface area contributed by atoms with Crippen molar-refractivity contribution >= 4 is 44.8 Å². The molecule has 1 aliphatic heterocycles. The normalized spacial score (nSPS) is 17.7. The average molecular weight is 357 g/mol. The van der Waals surface area contributed by atoms with E-state index in [0.717, 1.165) is 38.6 Å². The predicted molar refractivity (Wildman–Crippen MR) is 85.3 cm³/mol. The quantitative estimate of drug-likeness (QED) is 0.675. The van der Waals surface area contributed by atoms with Gasteiger partial charge >= 0.3 is 0 Å². The first-order chi connectivity index (χ1) is 9.15. The number of anilines is 1. The van der Waals surface area contributed by atoms with Crippen molar-refractivity contribution in [1.29, 1.82) is 0 Å². The highest BCUT2D eigenvalue weighted by Crippen LogP contribution is 2.38. The molecule has 0 saturated carbocycles. The molecule has 0 bridgehead atoms. The Labute approximate surface area is 131 Å². The Balaban J connectivity index is 1.94. The molecule has 2 aromatic carbocycles. The highest BCUT2D eigenvalue weighted by Gasteiger charge is 2.21. The number of aryl methyl sites for hydroxylation is 1. The molecule has 0 aliphatic carbocycles. The van der Waals surface area contributed by atoms with Crippen LogP contribution < -0.4 is 5.32 Å². The number of fused-ring (bicyclic) bond motifs is 1. The Morgan fingerprint density at radius 1 is 1.11 bits per heavy atom. The number of hydrogen-bond acceptors (Lipinski definition) is 1. The number of nitrogens with one attached hydrogen (secondary N) is 1. The molecule has 1 atom stereocenters. The van der Waals surface area contributed by atoms with Gasteiger partial charge < -0.3 is 5.32 Å². The molecule has 0 amide bonds. The fourth-order valence-corrected chi connectivity index (χ4v) is 3.28. The third kappa shape index (κ3) is 2.62. The van der Waals surface area contributed by atoms with Crippen LogP contribution >= 0.6 is 39.1 Å². The minimum absolute atomic E-state index is 0.259. The van der Waals surface area contributed by atoms with E-state index in [0.29, 0.717) is 0 Å². The Bertz CT molecular complexity index is 628. The maximum atomic E-state index is 6.27. The molecule has 2 aromatic rings. The first-order valence-corrected chi connectivity index (χ1v) is 7.69. The summed E-state index contributed by atoms with van der Waals surface area (Å²) in [6.45, 7) is 0. The third-order valence-corrected chi connectivity index (χ3v) is 5.00. The van der Waals surface area contributed by atoms with E-state index in [2.05, 4.69) is 27.3 Å². The molecule has 4 heteroatoms. The minimum Gasteiger partial charge on any atom is -0.378 e. The number of benzene rings is 2.